The summed E-state index contributed by atoms with van der Waals surface area (Å²) in [5.74, 6) is -1.73. The Morgan fingerprint density at radius 2 is 1.90 bits per heavy atom. The molecule has 11 heteroatoms. The number of nitro benzene ring substituents is 1. The highest BCUT2D eigenvalue weighted by atomic mass is 32.2. The zero-order valence-corrected chi connectivity index (χ0v) is 16.3. The molecule has 0 heterocycles. The Hall–Kier alpha value is -3.60. The quantitative estimate of drug-likeness (QED) is 0.286. The molecular weight excluding hydrogens is 402 g/mol. The van der Waals surface area contributed by atoms with Gasteiger partial charge in [0.15, 0.2) is 0 Å². The third kappa shape index (κ3) is 5.45. The van der Waals surface area contributed by atoms with Crippen LogP contribution in [0.5, 0.6) is 5.75 Å². The Labute approximate surface area is 169 Å². The number of rotatable bonds is 8. The van der Waals surface area contributed by atoms with Crippen LogP contribution in [0.3, 0.4) is 0 Å². The van der Waals surface area contributed by atoms with Gasteiger partial charge < -0.3 is 20.5 Å². The Morgan fingerprint density at radius 1 is 1.17 bits per heavy atom. The molecule has 2 aromatic carbocycles. The number of benzene rings is 2. The highest BCUT2D eigenvalue weighted by molar-refractivity contribution is 8.00. The number of nitrogens with zero attached hydrogens (tertiary/aromatic N) is 1. The predicted octanol–water partition coefficient (Wildman–Crippen LogP) is 2.22. The predicted molar refractivity (Wildman–Crippen MR) is 105 cm³/mol. The minimum absolute atomic E-state index is 0.00791. The van der Waals surface area contributed by atoms with Gasteiger partial charge in [-0.2, -0.15) is 0 Å². The molecule has 0 spiro atoms. The lowest BCUT2D eigenvalue weighted by atomic mass is 10.1. The SMILES string of the molecule is COC(=O)c1cc(OC)ccc1NC(=O)CSc1ccc(C(N)=O)cc1[N+](=O)[O-]. The summed E-state index contributed by atoms with van der Waals surface area (Å²) in [6, 6.07) is 8.21. The van der Waals surface area contributed by atoms with Crippen molar-refractivity contribution in [2.24, 2.45) is 5.73 Å². The van der Waals surface area contributed by atoms with Gasteiger partial charge in [0, 0.05) is 11.6 Å². The monoisotopic (exact) mass is 419 g/mol. The lowest BCUT2D eigenvalue weighted by Gasteiger charge is -2.11. The molecule has 0 aliphatic carbocycles. The fraction of sp³-hybridized carbons (Fsp3) is 0.167. The summed E-state index contributed by atoms with van der Waals surface area (Å²) in [7, 11) is 2.64. The van der Waals surface area contributed by atoms with Crippen molar-refractivity contribution < 1.29 is 28.8 Å². The smallest absolute Gasteiger partial charge is 0.340 e. The van der Waals surface area contributed by atoms with E-state index < -0.39 is 22.7 Å². The molecule has 0 saturated heterocycles. The number of esters is 1. The number of nitrogens with one attached hydrogen (secondary N) is 1. The van der Waals surface area contributed by atoms with Crippen molar-refractivity contribution in [1.82, 2.24) is 0 Å². The third-order valence-corrected chi connectivity index (χ3v) is 4.77. The molecule has 0 saturated carbocycles. The van der Waals surface area contributed by atoms with Gasteiger partial charge in [-0.1, -0.05) is 0 Å². The Kier molecular flexibility index (Phi) is 7.15. The number of hydrogen-bond acceptors (Lipinski definition) is 8. The van der Waals surface area contributed by atoms with E-state index in [2.05, 4.69) is 5.32 Å². The van der Waals surface area contributed by atoms with Gasteiger partial charge >= 0.3 is 5.97 Å². The van der Waals surface area contributed by atoms with E-state index in [1.54, 1.807) is 6.07 Å². The summed E-state index contributed by atoms with van der Waals surface area (Å²) in [4.78, 5) is 46.2. The van der Waals surface area contributed by atoms with Gasteiger partial charge in [-0.3, -0.25) is 19.7 Å². The molecule has 3 N–H and O–H groups in total. The minimum Gasteiger partial charge on any atom is -0.497 e. The van der Waals surface area contributed by atoms with Gasteiger partial charge in [-0.15, -0.1) is 11.8 Å². The standard InChI is InChI=1S/C18H17N3O7S/c1-27-11-4-5-13(12(8-11)18(24)28-2)20-16(22)9-29-15-6-3-10(17(19)23)7-14(15)21(25)26/h3-8H,9H2,1-2H3,(H2,19,23)(H,20,22). The molecule has 29 heavy (non-hydrogen) atoms. The van der Waals surface area contributed by atoms with Gasteiger partial charge in [0.2, 0.25) is 11.8 Å². The number of methoxy groups -OCH3 is 2. The van der Waals surface area contributed by atoms with Crippen LogP contribution in [0.4, 0.5) is 11.4 Å². The zero-order chi connectivity index (χ0) is 21.6. The normalized spacial score (nSPS) is 10.1. The van der Waals surface area contributed by atoms with Crippen molar-refractivity contribution in [3.05, 3.63) is 57.6 Å². The van der Waals surface area contributed by atoms with E-state index in [1.165, 1.54) is 38.5 Å². The topological polar surface area (TPSA) is 151 Å². The van der Waals surface area contributed by atoms with Crippen LogP contribution in [0.1, 0.15) is 20.7 Å². The van der Waals surface area contributed by atoms with Crippen LogP contribution in [0, 0.1) is 10.1 Å². The van der Waals surface area contributed by atoms with Crippen molar-refractivity contribution in [2.75, 3.05) is 25.3 Å². The highest BCUT2D eigenvalue weighted by Crippen LogP contribution is 2.30. The average Bonchev–Trinajstić information content (AvgIpc) is 2.71. The molecule has 0 aromatic heterocycles. The summed E-state index contributed by atoms with van der Waals surface area (Å²) >= 11 is 0.904. The number of nitro groups is 1. The fourth-order valence-electron chi connectivity index (χ4n) is 2.30. The van der Waals surface area contributed by atoms with E-state index in [9.17, 15) is 24.5 Å². The van der Waals surface area contributed by atoms with E-state index in [1.807, 2.05) is 0 Å². The van der Waals surface area contributed by atoms with Crippen LogP contribution in [-0.2, 0) is 9.53 Å². The number of carbonyl (C=O) groups is 3. The van der Waals surface area contributed by atoms with Crippen molar-refractivity contribution in [2.45, 2.75) is 4.90 Å². The van der Waals surface area contributed by atoms with Crippen LogP contribution in [-0.4, -0.2) is 42.7 Å². The summed E-state index contributed by atoms with van der Waals surface area (Å²) < 4.78 is 9.75. The molecule has 0 fully saturated rings. The van der Waals surface area contributed by atoms with E-state index in [4.69, 9.17) is 15.2 Å². The Morgan fingerprint density at radius 3 is 2.48 bits per heavy atom. The Balaban J connectivity index is 2.16. The number of primary amides is 1. The molecule has 2 amide bonds. The maximum absolute atomic E-state index is 12.3. The summed E-state index contributed by atoms with van der Waals surface area (Å²) in [5, 5.41) is 13.8. The largest absolute Gasteiger partial charge is 0.497 e. The van der Waals surface area contributed by atoms with Crippen LogP contribution < -0.4 is 15.8 Å². The van der Waals surface area contributed by atoms with E-state index in [-0.39, 0.29) is 33.2 Å². The molecule has 10 nitrogen and oxygen atoms in total. The maximum Gasteiger partial charge on any atom is 0.340 e. The number of thioether (sulfide) groups is 1. The van der Waals surface area contributed by atoms with Gasteiger partial charge in [0.25, 0.3) is 5.69 Å². The van der Waals surface area contributed by atoms with Crippen LogP contribution >= 0.6 is 11.8 Å². The fourth-order valence-corrected chi connectivity index (χ4v) is 3.11. The van der Waals surface area contributed by atoms with Crippen LogP contribution in [0.15, 0.2) is 41.3 Å². The van der Waals surface area contributed by atoms with E-state index in [0.29, 0.717) is 5.75 Å². The summed E-state index contributed by atoms with van der Waals surface area (Å²) in [6.07, 6.45) is 0. The van der Waals surface area contributed by atoms with Crippen molar-refractivity contribution in [1.29, 1.82) is 0 Å². The molecule has 2 aromatic rings. The number of ether oxygens (including phenoxy) is 2. The second-order valence-corrected chi connectivity index (χ2v) is 6.56. The van der Waals surface area contributed by atoms with E-state index >= 15 is 0 Å². The molecule has 0 radical (unpaired) electrons. The van der Waals surface area contributed by atoms with Gasteiger partial charge in [-0.25, -0.2) is 4.79 Å². The average molecular weight is 419 g/mol. The van der Waals surface area contributed by atoms with E-state index in [0.717, 1.165) is 17.8 Å². The number of hydrogen-bond donors (Lipinski definition) is 2. The second kappa shape index (κ2) is 9.55. The second-order valence-electron chi connectivity index (χ2n) is 5.54. The third-order valence-electron chi connectivity index (χ3n) is 3.71. The molecule has 152 valence electrons. The van der Waals surface area contributed by atoms with Gasteiger partial charge in [0.05, 0.1) is 41.0 Å². The van der Waals surface area contributed by atoms with Gasteiger partial charge in [-0.05, 0) is 30.3 Å². The number of carbonyl (C=O) groups excluding carboxylic acids is 3. The number of nitrogens with two attached hydrogens (primary N) is 1. The zero-order valence-electron chi connectivity index (χ0n) is 15.5. The number of amides is 2. The van der Waals surface area contributed by atoms with Gasteiger partial charge in [0.1, 0.15) is 5.75 Å². The van der Waals surface area contributed by atoms with Crippen LogP contribution in [0.25, 0.3) is 0 Å². The molecule has 2 rings (SSSR count). The highest BCUT2D eigenvalue weighted by Gasteiger charge is 2.19. The Bertz CT molecular complexity index is 978. The molecule has 0 aliphatic heterocycles. The molecule has 0 bridgehead atoms. The lowest BCUT2D eigenvalue weighted by molar-refractivity contribution is -0.387. The lowest BCUT2D eigenvalue weighted by Crippen LogP contribution is -2.17. The van der Waals surface area contributed by atoms with Crippen molar-refractivity contribution >= 4 is 40.9 Å². The first-order valence-corrected chi connectivity index (χ1v) is 9.02. The minimum atomic E-state index is -0.794. The van der Waals surface area contributed by atoms with Crippen LogP contribution in [0.2, 0.25) is 0 Å². The number of anilines is 1. The first-order chi connectivity index (χ1) is 13.8. The molecular formula is C18H17N3O7S. The molecule has 0 unspecified atom stereocenters. The van der Waals surface area contributed by atoms with Crippen molar-refractivity contribution in [3.8, 4) is 5.75 Å². The molecule has 0 atom stereocenters. The summed E-state index contributed by atoms with van der Waals surface area (Å²) in [6.45, 7) is 0. The first-order valence-electron chi connectivity index (χ1n) is 8.04. The van der Waals surface area contributed by atoms with Crippen molar-refractivity contribution in [3.63, 3.8) is 0 Å². The first kappa shape index (κ1) is 21.7. The maximum atomic E-state index is 12.3. The summed E-state index contributed by atoms with van der Waals surface area (Å²) in [5.41, 5.74) is 5.10. The molecule has 0 aliphatic rings.